The first-order valence-corrected chi connectivity index (χ1v) is 5.89. The maximum Gasteiger partial charge on any atom is 0.196 e. The highest BCUT2D eigenvalue weighted by Gasteiger charge is 2.19. The number of piperazine rings is 1. The zero-order valence-electron chi connectivity index (χ0n) is 10.1. The van der Waals surface area contributed by atoms with E-state index < -0.39 is 0 Å². The third-order valence-electron chi connectivity index (χ3n) is 3.04. The summed E-state index contributed by atoms with van der Waals surface area (Å²) in [5.74, 6) is 1.13. The molecule has 0 radical (unpaired) electrons. The topological polar surface area (TPSA) is 56.9 Å². The van der Waals surface area contributed by atoms with Gasteiger partial charge in [0.25, 0.3) is 0 Å². The maximum atomic E-state index is 11.1. The highest BCUT2D eigenvalue weighted by atomic mass is 16.4. The van der Waals surface area contributed by atoms with E-state index in [0.29, 0.717) is 5.76 Å². The van der Waals surface area contributed by atoms with Crippen LogP contribution in [-0.4, -0.2) is 55.1 Å². The smallest absolute Gasteiger partial charge is 0.196 e. The second-order valence-electron chi connectivity index (χ2n) is 4.25. The fourth-order valence-electron chi connectivity index (χ4n) is 2.02. The van der Waals surface area contributed by atoms with Crippen molar-refractivity contribution in [3.8, 4) is 0 Å². The number of aliphatic hydroxyl groups excluding tert-OH is 1. The normalized spacial score (nSPS) is 17.4. The van der Waals surface area contributed by atoms with Crippen LogP contribution in [0.4, 0.5) is 5.88 Å². The summed E-state index contributed by atoms with van der Waals surface area (Å²) in [6.45, 7) is 5.99. The number of ketones is 1. The number of Topliss-reactive ketones (excluding diaryl/α,β-unsaturated/α-hetero) is 1. The van der Waals surface area contributed by atoms with Gasteiger partial charge in [0.05, 0.1) is 6.61 Å². The van der Waals surface area contributed by atoms with E-state index in [1.807, 2.05) is 6.07 Å². The van der Waals surface area contributed by atoms with E-state index in [-0.39, 0.29) is 12.4 Å². The largest absolute Gasteiger partial charge is 0.437 e. The predicted octanol–water partition coefficient (Wildman–Crippen LogP) is 0.597. The van der Waals surface area contributed by atoms with Gasteiger partial charge in [0.2, 0.25) is 0 Å². The van der Waals surface area contributed by atoms with Gasteiger partial charge in [0, 0.05) is 45.7 Å². The summed E-state index contributed by atoms with van der Waals surface area (Å²) >= 11 is 0. The molecule has 0 aromatic carbocycles. The van der Waals surface area contributed by atoms with E-state index in [1.54, 1.807) is 6.07 Å². The van der Waals surface area contributed by atoms with Crippen LogP contribution in [0, 0.1) is 0 Å². The minimum absolute atomic E-state index is 0.0461. The molecule has 0 bridgehead atoms. The van der Waals surface area contributed by atoms with Gasteiger partial charge in [-0.3, -0.25) is 9.69 Å². The molecule has 94 valence electrons. The fraction of sp³-hybridized carbons (Fsp3) is 0.583. The Kier molecular flexibility index (Phi) is 3.81. The lowest BCUT2D eigenvalue weighted by molar-refractivity contribution is 0.0987. The number of nitrogens with zero attached hydrogens (tertiary/aromatic N) is 2. The first-order valence-electron chi connectivity index (χ1n) is 5.89. The molecule has 1 saturated heterocycles. The first-order chi connectivity index (χ1) is 8.20. The summed E-state index contributed by atoms with van der Waals surface area (Å²) in [6.07, 6.45) is 0. The van der Waals surface area contributed by atoms with Crippen LogP contribution in [0.2, 0.25) is 0 Å². The Morgan fingerprint density at radius 2 is 2.06 bits per heavy atom. The van der Waals surface area contributed by atoms with Gasteiger partial charge in [-0.15, -0.1) is 0 Å². The Balaban J connectivity index is 1.93. The summed E-state index contributed by atoms with van der Waals surface area (Å²) in [6, 6.07) is 3.57. The molecular weight excluding hydrogens is 220 g/mol. The van der Waals surface area contributed by atoms with E-state index in [2.05, 4.69) is 9.80 Å². The minimum Gasteiger partial charge on any atom is -0.437 e. The first kappa shape index (κ1) is 12.1. The molecule has 0 amide bonds. The number of anilines is 1. The summed E-state index contributed by atoms with van der Waals surface area (Å²) in [7, 11) is 0. The third kappa shape index (κ3) is 2.87. The lowest BCUT2D eigenvalue weighted by Crippen LogP contribution is -2.47. The SMILES string of the molecule is CC(=O)c1ccc(N2CCN(CCO)CC2)o1. The third-order valence-corrected chi connectivity index (χ3v) is 3.04. The number of furan rings is 1. The molecule has 1 aliphatic heterocycles. The molecule has 1 aromatic rings. The molecule has 17 heavy (non-hydrogen) atoms. The standard InChI is InChI=1S/C12H18N2O3/c1-10(16)11-2-3-12(17-11)14-6-4-13(5-7-14)8-9-15/h2-3,15H,4-9H2,1H3. The number of hydrogen-bond donors (Lipinski definition) is 1. The Morgan fingerprint density at radius 1 is 1.35 bits per heavy atom. The van der Waals surface area contributed by atoms with Crippen molar-refractivity contribution in [3.63, 3.8) is 0 Å². The van der Waals surface area contributed by atoms with Crippen LogP contribution in [0.3, 0.4) is 0 Å². The average Bonchev–Trinajstić information content (AvgIpc) is 2.80. The molecule has 1 aliphatic rings. The van der Waals surface area contributed by atoms with Crippen LogP contribution < -0.4 is 4.90 Å². The Labute approximate surface area is 101 Å². The Bertz CT molecular complexity index is 381. The van der Waals surface area contributed by atoms with Gasteiger partial charge in [0.1, 0.15) is 0 Å². The van der Waals surface area contributed by atoms with Gasteiger partial charge < -0.3 is 14.4 Å². The predicted molar refractivity (Wildman–Crippen MR) is 64.5 cm³/mol. The monoisotopic (exact) mass is 238 g/mol. The molecule has 1 fully saturated rings. The number of carbonyl (C=O) groups excluding carboxylic acids is 1. The van der Waals surface area contributed by atoms with E-state index >= 15 is 0 Å². The highest BCUT2D eigenvalue weighted by Crippen LogP contribution is 2.20. The summed E-state index contributed by atoms with van der Waals surface area (Å²) < 4.78 is 5.49. The molecule has 2 rings (SSSR count). The highest BCUT2D eigenvalue weighted by molar-refractivity contribution is 5.91. The van der Waals surface area contributed by atoms with Crippen LogP contribution in [0.15, 0.2) is 16.5 Å². The zero-order chi connectivity index (χ0) is 12.3. The molecule has 0 aliphatic carbocycles. The maximum absolute atomic E-state index is 11.1. The van der Waals surface area contributed by atoms with E-state index in [9.17, 15) is 4.79 Å². The lowest BCUT2D eigenvalue weighted by Gasteiger charge is -2.34. The Hall–Kier alpha value is -1.33. The van der Waals surface area contributed by atoms with Crippen LogP contribution in [0.5, 0.6) is 0 Å². The quantitative estimate of drug-likeness (QED) is 0.778. The molecule has 1 aromatic heterocycles. The molecule has 5 heteroatoms. The van der Waals surface area contributed by atoms with Crippen molar-refractivity contribution >= 4 is 11.7 Å². The van der Waals surface area contributed by atoms with Crippen molar-refractivity contribution in [3.05, 3.63) is 17.9 Å². The van der Waals surface area contributed by atoms with Crippen molar-refractivity contribution in [1.82, 2.24) is 4.90 Å². The van der Waals surface area contributed by atoms with E-state index in [4.69, 9.17) is 9.52 Å². The van der Waals surface area contributed by atoms with E-state index in [0.717, 1.165) is 38.6 Å². The van der Waals surface area contributed by atoms with Crippen molar-refractivity contribution in [2.24, 2.45) is 0 Å². The molecule has 2 heterocycles. The van der Waals surface area contributed by atoms with Crippen LogP contribution in [0.25, 0.3) is 0 Å². The molecule has 0 unspecified atom stereocenters. The van der Waals surface area contributed by atoms with Crippen LogP contribution >= 0.6 is 0 Å². The minimum atomic E-state index is -0.0461. The number of hydrogen-bond acceptors (Lipinski definition) is 5. The number of β-amino-alcohol motifs (C(OH)–C–C–N with tert-alkyl or cyclic N) is 1. The van der Waals surface area contributed by atoms with Crippen molar-refractivity contribution < 1.29 is 14.3 Å². The number of carbonyl (C=O) groups is 1. The molecule has 0 saturated carbocycles. The number of aliphatic hydroxyl groups is 1. The van der Waals surface area contributed by atoms with Crippen LogP contribution in [-0.2, 0) is 0 Å². The second kappa shape index (κ2) is 5.33. The second-order valence-corrected chi connectivity index (χ2v) is 4.25. The van der Waals surface area contributed by atoms with Gasteiger partial charge in [-0.25, -0.2) is 0 Å². The van der Waals surface area contributed by atoms with Gasteiger partial charge in [-0.2, -0.15) is 0 Å². The fourth-order valence-corrected chi connectivity index (χ4v) is 2.02. The van der Waals surface area contributed by atoms with Crippen molar-refractivity contribution in [2.75, 3.05) is 44.2 Å². The lowest BCUT2D eigenvalue weighted by atomic mass is 10.3. The average molecular weight is 238 g/mol. The van der Waals surface area contributed by atoms with Gasteiger partial charge >= 0.3 is 0 Å². The molecule has 5 nitrogen and oxygen atoms in total. The molecule has 0 atom stereocenters. The molecular formula is C12H18N2O3. The molecule has 1 N–H and O–H groups in total. The van der Waals surface area contributed by atoms with Gasteiger partial charge in [-0.1, -0.05) is 0 Å². The Morgan fingerprint density at radius 3 is 2.59 bits per heavy atom. The zero-order valence-corrected chi connectivity index (χ0v) is 10.1. The molecule has 0 spiro atoms. The van der Waals surface area contributed by atoms with Gasteiger partial charge in [0.15, 0.2) is 17.4 Å². The van der Waals surface area contributed by atoms with E-state index in [1.165, 1.54) is 6.92 Å². The van der Waals surface area contributed by atoms with Crippen molar-refractivity contribution in [1.29, 1.82) is 0 Å². The summed E-state index contributed by atoms with van der Waals surface area (Å²) in [4.78, 5) is 15.5. The summed E-state index contributed by atoms with van der Waals surface area (Å²) in [5.41, 5.74) is 0. The van der Waals surface area contributed by atoms with Crippen molar-refractivity contribution in [2.45, 2.75) is 6.92 Å². The van der Waals surface area contributed by atoms with Crippen LogP contribution in [0.1, 0.15) is 17.5 Å². The number of rotatable bonds is 4. The summed E-state index contributed by atoms with van der Waals surface area (Å²) in [5, 5.41) is 8.85. The van der Waals surface area contributed by atoms with Gasteiger partial charge in [-0.05, 0) is 6.07 Å².